The molecule has 1 aliphatic heterocycles. The maximum absolute atomic E-state index is 12.3. The molecule has 0 aliphatic carbocycles. The lowest BCUT2D eigenvalue weighted by molar-refractivity contribution is -0.142. The average molecular weight is 352 g/mol. The number of unbranched alkanes of at least 4 members (excludes halogenated alkanes) is 8. The van der Waals surface area contributed by atoms with Crippen molar-refractivity contribution in [2.45, 2.75) is 97.4 Å². The number of nitrogens with one attached hydrogen (secondary N) is 1. The summed E-state index contributed by atoms with van der Waals surface area (Å²) in [5.41, 5.74) is 2.79. The van der Waals surface area contributed by atoms with Crippen LogP contribution in [0.1, 0.15) is 91.4 Å². The first kappa shape index (κ1) is 21.7. The van der Waals surface area contributed by atoms with Crippen LogP contribution in [0, 0.1) is 5.92 Å². The number of nitrogens with zero attached hydrogens (tertiary/aromatic N) is 2. The van der Waals surface area contributed by atoms with Crippen molar-refractivity contribution >= 4 is 18.0 Å². The van der Waals surface area contributed by atoms with Gasteiger partial charge in [0.05, 0.1) is 18.5 Å². The molecule has 1 aliphatic rings. The molecule has 5 nitrogen and oxygen atoms in total. The summed E-state index contributed by atoms with van der Waals surface area (Å²) in [5.74, 6) is -0.398. The first-order chi connectivity index (χ1) is 12.1. The second-order valence-corrected chi connectivity index (χ2v) is 7.21. The molecule has 0 spiro atoms. The molecule has 0 bridgehead atoms. The molecule has 2 amide bonds. The van der Waals surface area contributed by atoms with Crippen LogP contribution in [-0.2, 0) is 9.59 Å². The summed E-state index contributed by atoms with van der Waals surface area (Å²) in [5, 5.41) is 1.47. The molecule has 0 saturated carbocycles. The van der Waals surface area contributed by atoms with Crippen molar-refractivity contribution < 1.29 is 9.59 Å². The topological polar surface area (TPSA) is 61.8 Å². The lowest BCUT2D eigenvalue weighted by Gasteiger charge is -2.25. The molecule has 2 atom stereocenters. The molecule has 0 aromatic rings. The Morgan fingerprint density at radius 1 is 1.12 bits per heavy atom. The van der Waals surface area contributed by atoms with Gasteiger partial charge in [-0.3, -0.25) is 25.0 Å². The summed E-state index contributed by atoms with van der Waals surface area (Å²) >= 11 is 0. The monoisotopic (exact) mass is 351 g/mol. The largest absolute Gasteiger partial charge is 0.291 e. The van der Waals surface area contributed by atoms with Crippen LogP contribution >= 0.6 is 0 Å². The number of hydrogen-bond acceptors (Lipinski definition) is 3. The Bertz CT molecular complexity index is 423. The van der Waals surface area contributed by atoms with Gasteiger partial charge in [-0.2, -0.15) is 0 Å². The van der Waals surface area contributed by atoms with Gasteiger partial charge in [-0.1, -0.05) is 65.2 Å². The third-order valence-corrected chi connectivity index (χ3v) is 4.81. The van der Waals surface area contributed by atoms with Gasteiger partial charge in [0.2, 0.25) is 11.8 Å². The number of amides is 2. The Balaban J connectivity index is 2.17. The average Bonchev–Trinajstić information content (AvgIpc) is 2.74. The second kappa shape index (κ2) is 12.9. The number of aliphatic imine (C=N–C) groups is 1. The van der Waals surface area contributed by atoms with Crippen LogP contribution in [0.3, 0.4) is 0 Å². The number of hydrogen-bond donors (Lipinski definition) is 1. The minimum atomic E-state index is -0.274. The van der Waals surface area contributed by atoms with Crippen LogP contribution < -0.4 is 5.43 Å². The van der Waals surface area contributed by atoms with Gasteiger partial charge in [0.1, 0.15) is 0 Å². The van der Waals surface area contributed by atoms with Gasteiger partial charge < -0.3 is 0 Å². The summed E-state index contributed by atoms with van der Waals surface area (Å²) in [6, 6.07) is 0.0712. The van der Waals surface area contributed by atoms with Gasteiger partial charge in [0, 0.05) is 12.6 Å². The van der Waals surface area contributed by atoms with Crippen molar-refractivity contribution in [3.8, 4) is 0 Å². The van der Waals surface area contributed by atoms with E-state index in [2.05, 4.69) is 17.3 Å². The Hall–Kier alpha value is -1.39. The highest BCUT2D eigenvalue weighted by Crippen LogP contribution is 2.12. The predicted octanol–water partition coefficient (Wildman–Crippen LogP) is 4.27. The molecule has 1 N–H and O–H groups in total. The number of carbonyl (C=O) groups excluding carboxylic acids is 2. The lowest BCUT2D eigenvalue weighted by Crippen LogP contribution is -2.50. The molecule has 2 unspecified atom stereocenters. The van der Waals surface area contributed by atoms with E-state index >= 15 is 0 Å². The van der Waals surface area contributed by atoms with E-state index in [1.54, 1.807) is 6.21 Å². The van der Waals surface area contributed by atoms with Gasteiger partial charge in [-0.25, -0.2) is 0 Å². The second-order valence-electron chi connectivity index (χ2n) is 7.21. The molecule has 0 saturated heterocycles. The van der Waals surface area contributed by atoms with E-state index in [1.807, 2.05) is 13.8 Å². The fourth-order valence-electron chi connectivity index (χ4n) is 3.05. The van der Waals surface area contributed by atoms with E-state index in [4.69, 9.17) is 0 Å². The molecule has 1 heterocycles. The van der Waals surface area contributed by atoms with Crippen molar-refractivity contribution in [1.82, 2.24) is 10.4 Å². The fraction of sp³-hybridized carbons (Fsp3) is 0.850. The van der Waals surface area contributed by atoms with E-state index in [0.29, 0.717) is 13.0 Å². The van der Waals surface area contributed by atoms with Crippen LogP contribution in [-0.4, -0.2) is 35.6 Å². The van der Waals surface area contributed by atoms with Gasteiger partial charge >= 0.3 is 0 Å². The highest BCUT2D eigenvalue weighted by atomic mass is 16.2. The van der Waals surface area contributed by atoms with Gasteiger partial charge in [0.15, 0.2) is 0 Å². The summed E-state index contributed by atoms with van der Waals surface area (Å²) < 4.78 is 0. The summed E-state index contributed by atoms with van der Waals surface area (Å²) in [4.78, 5) is 28.8. The van der Waals surface area contributed by atoms with Crippen LogP contribution in [0.5, 0.6) is 0 Å². The Kier molecular flexibility index (Phi) is 11.2. The molecule has 5 heteroatoms. The number of hydrazine groups is 1. The summed E-state index contributed by atoms with van der Waals surface area (Å²) in [6.07, 6.45) is 14.2. The van der Waals surface area contributed by atoms with Gasteiger partial charge in [0.25, 0.3) is 0 Å². The van der Waals surface area contributed by atoms with Gasteiger partial charge in [-0.05, 0) is 19.8 Å². The minimum absolute atomic E-state index is 0.0553. The highest BCUT2D eigenvalue weighted by molar-refractivity contribution is 5.94. The van der Waals surface area contributed by atoms with E-state index in [0.717, 1.165) is 19.3 Å². The third-order valence-electron chi connectivity index (χ3n) is 4.81. The molecule has 144 valence electrons. The first-order valence-corrected chi connectivity index (χ1v) is 10.2. The van der Waals surface area contributed by atoms with E-state index in [1.165, 1.54) is 50.0 Å². The molecule has 0 aromatic carbocycles. The minimum Gasteiger partial charge on any atom is -0.291 e. The summed E-state index contributed by atoms with van der Waals surface area (Å²) in [7, 11) is 0. The number of rotatable bonds is 12. The van der Waals surface area contributed by atoms with Crippen LogP contribution in [0.4, 0.5) is 0 Å². The molecular weight excluding hydrogens is 314 g/mol. The molecule has 0 aromatic heterocycles. The zero-order valence-corrected chi connectivity index (χ0v) is 16.4. The highest BCUT2D eigenvalue weighted by Gasteiger charge is 2.26. The van der Waals surface area contributed by atoms with Crippen LogP contribution in [0.25, 0.3) is 0 Å². The predicted molar refractivity (Wildman–Crippen MR) is 103 cm³/mol. The van der Waals surface area contributed by atoms with Crippen molar-refractivity contribution in [3.63, 3.8) is 0 Å². The molecule has 25 heavy (non-hydrogen) atoms. The smallest absolute Gasteiger partial charge is 0.249 e. The van der Waals surface area contributed by atoms with Crippen molar-refractivity contribution in [2.24, 2.45) is 10.9 Å². The molecule has 0 fully saturated rings. The van der Waals surface area contributed by atoms with Crippen molar-refractivity contribution in [1.29, 1.82) is 0 Å². The van der Waals surface area contributed by atoms with E-state index < -0.39 is 0 Å². The maximum Gasteiger partial charge on any atom is 0.249 e. The molecule has 1 rings (SSSR count). The lowest BCUT2D eigenvalue weighted by atomic mass is 10.1. The number of carbonyl (C=O) groups is 2. The Labute approximate surface area is 153 Å². The maximum atomic E-state index is 12.3. The Morgan fingerprint density at radius 2 is 1.72 bits per heavy atom. The molecule has 0 radical (unpaired) electrons. The normalized spacial score (nSPS) is 20.6. The third kappa shape index (κ3) is 9.03. The van der Waals surface area contributed by atoms with Crippen LogP contribution in [0.15, 0.2) is 4.99 Å². The zero-order chi connectivity index (χ0) is 18.5. The van der Waals surface area contributed by atoms with E-state index in [9.17, 15) is 9.59 Å². The standard InChI is InChI=1S/C20H37N3O2/c1-4-6-7-8-9-10-11-12-13-14-19(24)22-23-16-18(5-2)21-15-17(3)20(23)25/h15,17-18H,4-14,16H2,1-3H3,(H,22,24). The van der Waals surface area contributed by atoms with Crippen molar-refractivity contribution in [3.05, 3.63) is 0 Å². The fourth-order valence-corrected chi connectivity index (χ4v) is 3.05. The van der Waals surface area contributed by atoms with Crippen LogP contribution in [0.2, 0.25) is 0 Å². The molecular formula is C20H37N3O2. The van der Waals surface area contributed by atoms with Gasteiger partial charge in [-0.15, -0.1) is 0 Å². The SMILES string of the molecule is CCCCCCCCCCCC(=O)NN1CC(CC)N=CC(C)C1=O. The van der Waals surface area contributed by atoms with Crippen molar-refractivity contribution in [2.75, 3.05) is 6.54 Å². The quantitative estimate of drug-likeness (QED) is 0.534. The zero-order valence-electron chi connectivity index (χ0n) is 16.4. The Morgan fingerprint density at radius 3 is 2.32 bits per heavy atom. The summed E-state index contributed by atoms with van der Waals surface area (Å²) in [6.45, 7) is 6.58. The first-order valence-electron chi connectivity index (χ1n) is 10.2. The van der Waals surface area contributed by atoms with E-state index in [-0.39, 0.29) is 23.8 Å².